The minimum atomic E-state index is -3.48. The number of benzene rings is 1. The second-order valence-corrected chi connectivity index (χ2v) is 7.51. The second kappa shape index (κ2) is 6.11. The molecule has 7 nitrogen and oxygen atoms in total. The van der Waals surface area contributed by atoms with Crippen LogP contribution in [0, 0.1) is 0 Å². The first-order valence-electron chi connectivity index (χ1n) is 6.83. The van der Waals surface area contributed by atoms with Gasteiger partial charge in [-0.1, -0.05) is 30.4 Å². The SMILES string of the molecule is CCc1ccc(S(=O)(=O)NCCc2nn3cnnc3s2)cc1. The van der Waals surface area contributed by atoms with E-state index in [9.17, 15) is 8.42 Å². The molecule has 0 amide bonds. The maximum absolute atomic E-state index is 12.2. The molecule has 1 aromatic carbocycles. The van der Waals surface area contributed by atoms with E-state index in [4.69, 9.17) is 0 Å². The lowest BCUT2D eigenvalue weighted by molar-refractivity contribution is 0.581. The highest BCUT2D eigenvalue weighted by Crippen LogP contribution is 2.13. The van der Waals surface area contributed by atoms with Crippen LogP contribution in [-0.4, -0.2) is 34.8 Å². The van der Waals surface area contributed by atoms with E-state index in [1.807, 2.05) is 19.1 Å². The van der Waals surface area contributed by atoms with Gasteiger partial charge in [-0.3, -0.25) is 0 Å². The molecule has 116 valence electrons. The lowest BCUT2D eigenvalue weighted by Gasteiger charge is -2.06. The summed E-state index contributed by atoms with van der Waals surface area (Å²) in [4.78, 5) is 0.982. The average molecular weight is 337 g/mol. The summed E-state index contributed by atoms with van der Waals surface area (Å²) in [5.41, 5.74) is 1.11. The Hall–Kier alpha value is -1.84. The van der Waals surface area contributed by atoms with Gasteiger partial charge in [0.05, 0.1) is 4.90 Å². The molecule has 0 atom stereocenters. The summed E-state index contributed by atoms with van der Waals surface area (Å²) in [6, 6.07) is 6.92. The van der Waals surface area contributed by atoms with E-state index in [1.165, 1.54) is 17.7 Å². The molecular weight excluding hydrogens is 322 g/mol. The monoisotopic (exact) mass is 337 g/mol. The zero-order valence-electron chi connectivity index (χ0n) is 11.9. The first-order chi connectivity index (χ1) is 10.6. The number of hydrogen-bond donors (Lipinski definition) is 1. The van der Waals surface area contributed by atoms with Gasteiger partial charge in [-0.15, -0.1) is 10.2 Å². The largest absolute Gasteiger partial charge is 0.240 e. The quantitative estimate of drug-likeness (QED) is 0.731. The van der Waals surface area contributed by atoms with E-state index in [1.54, 1.807) is 16.6 Å². The van der Waals surface area contributed by atoms with Crippen LogP contribution in [0.2, 0.25) is 0 Å². The molecule has 0 unspecified atom stereocenters. The molecule has 1 N–H and O–H groups in total. The molecular formula is C13H15N5O2S2. The Morgan fingerprint density at radius 2 is 2.05 bits per heavy atom. The van der Waals surface area contributed by atoms with Crippen molar-refractivity contribution in [3.05, 3.63) is 41.2 Å². The van der Waals surface area contributed by atoms with Crippen LogP contribution >= 0.6 is 11.3 Å². The topological polar surface area (TPSA) is 89.2 Å². The highest BCUT2D eigenvalue weighted by atomic mass is 32.2. The van der Waals surface area contributed by atoms with Crippen LogP contribution in [0.15, 0.2) is 35.5 Å². The summed E-state index contributed by atoms with van der Waals surface area (Å²) in [5.74, 6) is 0. The molecule has 3 aromatic rings. The van der Waals surface area contributed by atoms with Crippen LogP contribution in [0.1, 0.15) is 17.5 Å². The van der Waals surface area contributed by atoms with E-state index < -0.39 is 10.0 Å². The van der Waals surface area contributed by atoms with Gasteiger partial charge in [0.1, 0.15) is 11.3 Å². The lowest BCUT2D eigenvalue weighted by Crippen LogP contribution is -2.26. The minimum absolute atomic E-state index is 0.280. The van der Waals surface area contributed by atoms with Crippen LogP contribution in [0.3, 0.4) is 0 Å². The Morgan fingerprint density at radius 3 is 2.73 bits per heavy atom. The molecule has 22 heavy (non-hydrogen) atoms. The lowest BCUT2D eigenvalue weighted by atomic mass is 10.2. The molecule has 0 aliphatic rings. The number of nitrogens with zero attached hydrogens (tertiary/aromatic N) is 4. The standard InChI is InChI=1S/C13H15N5O2S2/c1-2-10-3-5-11(6-4-10)22(19,20)15-8-7-12-17-18-9-14-16-13(18)21-12/h3-6,9,15H,2,7-8H2,1H3. The zero-order valence-corrected chi connectivity index (χ0v) is 13.6. The Labute approximate surface area is 132 Å². The van der Waals surface area contributed by atoms with Gasteiger partial charge in [0.15, 0.2) is 0 Å². The summed E-state index contributed by atoms with van der Waals surface area (Å²) in [6.07, 6.45) is 2.92. The maximum atomic E-state index is 12.2. The molecule has 9 heteroatoms. The van der Waals surface area contributed by atoms with Crippen LogP contribution in [0.25, 0.3) is 4.96 Å². The van der Waals surface area contributed by atoms with Crippen molar-refractivity contribution in [3.8, 4) is 0 Å². The number of rotatable bonds is 6. The summed E-state index contributed by atoms with van der Waals surface area (Å²) in [5, 5.41) is 12.7. The Morgan fingerprint density at radius 1 is 1.27 bits per heavy atom. The van der Waals surface area contributed by atoms with Gasteiger partial charge in [0.25, 0.3) is 0 Å². The van der Waals surface area contributed by atoms with Crippen molar-refractivity contribution >= 4 is 26.3 Å². The molecule has 2 heterocycles. The number of nitrogens with one attached hydrogen (secondary N) is 1. The van der Waals surface area contributed by atoms with Gasteiger partial charge in [0.2, 0.25) is 15.0 Å². The molecule has 0 saturated carbocycles. The van der Waals surface area contributed by atoms with Gasteiger partial charge in [0, 0.05) is 13.0 Å². The summed E-state index contributed by atoms with van der Waals surface area (Å²) in [6.45, 7) is 2.32. The van der Waals surface area contributed by atoms with Crippen LogP contribution in [0.5, 0.6) is 0 Å². The Balaban J connectivity index is 1.62. The van der Waals surface area contributed by atoms with Gasteiger partial charge in [-0.05, 0) is 24.1 Å². The van der Waals surface area contributed by atoms with Crippen LogP contribution in [-0.2, 0) is 22.9 Å². The predicted molar refractivity (Wildman–Crippen MR) is 83.4 cm³/mol. The predicted octanol–water partition coefficient (Wildman–Crippen LogP) is 1.27. The molecule has 0 spiro atoms. The van der Waals surface area contributed by atoms with Gasteiger partial charge in [-0.25, -0.2) is 13.1 Å². The summed E-state index contributed by atoms with van der Waals surface area (Å²) < 4.78 is 28.5. The molecule has 0 bridgehead atoms. The Kier molecular flexibility index (Phi) is 4.19. The first kappa shape index (κ1) is 15.1. The minimum Gasteiger partial charge on any atom is -0.211 e. The van der Waals surface area contributed by atoms with Gasteiger partial charge < -0.3 is 0 Å². The molecule has 2 aromatic heterocycles. The van der Waals surface area contributed by atoms with E-state index in [0.29, 0.717) is 17.9 Å². The third-order valence-electron chi connectivity index (χ3n) is 3.20. The fourth-order valence-electron chi connectivity index (χ4n) is 1.98. The summed E-state index contributed by atoms with van der Waals surface area (Å²) in [7, 11) is -3.48. The first-order valence-corrected chi connectivity index (χ1v) is 9.13. The molecule has 0 saturated heterocycles. The molecule has 0 aliphatic heterocycles. The fraction of sp³-hybridized carbons (Fsp3) is 0.308. The molecule has 0 aliphatic carbocycles. The normalized spacial score (nSPS) is 12.0. The Bertz CT molecular complexity index is 839. The highest BCUT2D eigenvalue weighted by Gasteiger charge is 2.14. The number of aryl methyl sites for hydroxylation is 1. The van der Waals surface area contributed by atoms with Crippen LogP contribution in [0.4, 0.5) is 0 Å². The number of hydrogen-bond acceptors (Lipinski definition) is 6. The molecule has 0 radical (unpaired) electrons. The van der Waals surface area contributed by atoms with Crippen molar-refractivity contribution in [1.82, 2.24) is 24.5 Å². The van der Waals surface area contributed by atoms with Gasteiger partial charge >= 0.3 is 0 Å². The number of aromatic nitrogens is 4. The zero-order chi connectivity index (χ0) is 15.6. The van der Waals surface area contributed by atoms with E-state index in [-0.39, 0.29) is 4.90 Å². The van der Waals surface area contributed by atoms with Crippen molar-refractivity contribution in [1.29, 1.82) is 0 Å². The van der Waals surface area contributed by atoms with E-state index in [2.05, 4.69) is 20.0 Å². The van der Waals surface area contributed by atoms with Gasteiger partial charge in [-0.2, -0.15) is 9.61 Å². The fourth-order valence-corrected chi connectivity index (χ4v) is 3.83. The third kappa shape index (κ3) is 3.16. The summed E-state index contributed by atoms with van der Waals surface area (Å²) >= 11 is 1.40. The smallest absolute Gasteiger partial charge is 0.211 e. The van der Waals surface area contributed by atoms with Crippen molar-refractivity contribution in [2.45, 2.75) is 24.7 Å². The number of sulfonamides is 1. The molecule has 0 fully saturated rings. The number of fused-ring (bicyclic) bond motifs is 1. The second-order valence-electron chi connectivity index (χ2n) is 4.70. The van der Waals surface area contributed by atoms with Crippen molar-refractivity contribution in [2.75, 3.05) is 6.54 Å². The molecule has 3 rings (SSSR count). The van der Waals surface area contributed by atoms with Crippen molar-refractivity contribution in [3.63, 3.8) is 0 Å². The van der Waals surface area contributed by atoms with E-state index >= 15 is 0 Å². The van der Waals surface area contributed by atoms with Crippen molar-refractivity contribution < 1.29 is 8.42 Å². The van der Waals surface area contributed by atoms with Crippen LogP contribution < -0.4 is 4.72 Å². The average Bonchev–Trinajstić information content (AvgIpc) is 3.08. The van der Waals surface area contributed by atoms with E-state index in [0.717, 1.165) is 17.0 Å². The highest BCUT2D eigenvalue weighted by molar-refractivity contribution is 7.89. The maximum Gasteiger partial charge on any atom is 0.240 e. The van der Waals surface area contributed by atoms with Crippen molar-refractivity contribution in [2.24, 2.45) is 0 Å². The third-order valence-corrected chi connectivity index (χ3v) is 5.65.